The molecule has 0 bridgehead atoms. The average Bonchev–Trinajstić information content (AvgIpc) is 2.84. The molecule has 0 aliphatic carbocycles. The number of benzene rings is 4. The Morgan fingerprint density at radius 3 is 1.35 bits per heavy atom. The largest absolute Gasteiger partial charge is 0.309 e. The number of halogens is 3. The molecule has 0 unspecified atom stereocenters. The number of hydrogen-bond donors (Lipinski definition) is 2. The minimum Gasteiger partial charge on any atom is -0.309 e. The predicted molar refractivity (Wildman–Crippen MR) is 146 cm³/mol. The fourth-order valence-corrected chi connectivity index (χ4v) is 7.27. The molecule has 0 aliphatic rings. The number of rotatable bonds is 3. The van der Waals surface area contributed by atoms with Gasteiger partial charge in [0.15, 0.2) is 7.14 Å². The van der Waals surface area contributed by atoms with Gasteiger partial charge in [-0.2, -0.15) is 0 Å². The second kappa shape index (κ2) is 13.3. The van der Waals surface area contributed by atoms with E-state index in [0.29, 0.717) is 0 Å². The van der Waals surface area contributed by atoms with Crippen LogP contribution in [-0.4, -0.2) is 10.5 Å². The first kappa shape index (κ1) is 26.0. The first-order valence-electron chi connectivity index (χ1n) is 9.10. The van der Waals surface area contributed by atoms with Crippen LogP contribution in [0.3, 0.4) is 0 Å². The van der Waals surface area contributed by atoms with Crippen LogP contribution in [0.25, 0.3) is 0 Å². The smallest absolute Gasteiger partial charge is 0.172 e. The van der Waals surface area contributed by atoms with E-state index in [0.717, 1.165) is 20.4 Å². The average molecular weight is 674 g/mol. The molecular formula is C24H20Br2IO3P. The Morgan fingerprint density at radius 1 is 0.581 bits per heavy atom. The molecule has 0 radical (unpaired) electrons. The maximum Gasteiger partial charge on any atom is 0.172 e. The Balaban J connectivity index is 0.000000286. The quantitative estimate of drug-likeness (QED) is 0.105. The summed E-state index contributed by atoms with van der Waals surface area (Å²) in [5.74, 6) is 0. The lowest BCUT2D eigenvalue weighted by molar-refractivity contribution is -0.176. The Kier molecular flexibility index (Phi) is 11.2. The van der Waals surface area contributed by atoms with Crippen molar-refractivity contribution < 1.29 is 15.1 Å². The Hall–Kier alpha value is -1.28. The summed E-state index contributed by atoms with van der Waals surface area (Å²) in [5, 5.41) is 14.5. The van der Waals surface area contributed by atoms with Gasteiger partial charge in [-0.3, -0.25) is 10.5 Å². The van der Waals surface area contributed by atoms with Gasteiger partial charge in [-0.15, -0.1) is 0 Å². The van der Waals surface area contributed by atoms with Crippen LogP contribution < -0.4 is 15.9 Å². The molecule has 0 heterocycles. The fraction of sp³-hybridized carbons (Fsp3) is 0. The van der Waals surface area contributed by atoms with Crippen molar-refractivity contribution in [3.8, 4) is 0 Å². The zero-order valence-electron chi connectivity index (χ0n) is 16.3. The standard InChI is InChI=1S/C18H14BrOP.C6H4BrI.H2O2/c19-17-13-7-8-14-18(17)21(20,15-9-3-1-4-10-15)16-11-5-2-6-12-16;7-5-3-1-2-4-6(5)8;1-2/h1-14H;1-4H;1-2H. The SMILES string of the molecule is Brc1ccccc1I.O=P(c1ccccc1)(c1ccccc1)c1ccccc1Br.OO. The zero-order chi connectivity index (χ0) is 22.7. The van der Waals surface area contributed by atoms with Crippen LogP contribution in [-0.2, 0) is 4.57 Å². The molecule has 0 amide bonds. The fourth-order valence-electron chi connectivity index (χ4n) is 2.85. The summed E-state index contributed by atoms with van der Waals surface area (Å²) in [7, 11) is -2.86. The summed E-state index contributed by atoms with van der Waals surface area (Å²) in [6.07, 6.45) is 0. The van der Waals surface area contributed by atoms with Gasteiger partial charge in [0.05, 0.1) is 0 Å². The van der Waals surface area contributed by atoms with Crippen molar-refractivity contribution in [3.63, 3.8) is 0 Å². The van der Waals surface area contributed by atoms with Gasteiger partial charge in [0.1, 0.15) is 0 Å². The highest BCUT2D eigenvalue weighted by Crippen LogP contribution is 2.44. The topological polar surface area (TPSA) is 57.5 Å². The van der Waals surface area contributed by atoms with Gasteiger partial charge >= 0.3 is 0 Å². The van der Waals surface area contributed by atoms with E-state index < -0.39 is 7.14 Å². The van der Waals surface area contributed by atoms with Gasteiger partial charge in [-0.25, -0.2) is 0 Å². The normalized spacial score (nSPS) is 10.2. The maximum absolute atomic E-state index is 14.0. The van der Waals surface area contributed by atoms with Gasteiger partial charge in [0.2, 0.25) is 0 Å². The van der Waals surface area contributed by atoms with E-state index in [1.165, 1.54) is 8.04 Å². The summed E-state index contributed by atoms with van der Waals surface area (Å²) in [6, 6.07) is 35.2. The second-order valence-electron chi connectivity index (χ2n) is 6.15. The molecule has 0 atom stereocenters. The van der Waals surface area contributed by atoms with Crippen molar-refractivity contribution in [1.29, 1.82) is 0 Å². The predicted octanol–water partition coefficient (Wildman–Crippen LogP) is 7.16. The lowest BCUT2D eigenvalue weighted by atomic mass is 10.4. The van der Waals surface area contributed by atoms with Crippen molar-refractivity contribution in [2.24, 2.45) is 0 Å². The van der Waals surface area contributed by atoms with E-state index in [1.807, 2.05) is 103 Å². The summed E-state index contributed by atoms with van der Waals surface area (Å²) >= 11 is 9.22. The summed E-state index contributed by atoms with van der Waals surface area (Å²) in [5.41, 5.74) is 0. The highest BCUT2D eigenvalue weighted by molar-refractivity contribution is 14.1. The van der Waals surface area contributed by atoms with Crippen LogP contribution in [0.1, 0.15) is 0 Å². The van der Waals surface area contributed by atoms with E-state index in [-0.39, 0.29) is 0 Å². The summed E-state index contributed by atoms with van der Waals surface area (Å²) in [4.78, 5) is 0. The molecular weight excluding hydrogens is 654 g/mol. The third-order valence-electron chi connectivity index (χ3n) is 4.26. The van der Waals surface area contributed by atoms with Crippen molar-refractivity contribution in [3.05, 3.63) is 122 Å². The molecule has 0 spiro atoms. The zero-order valence-corrected chi connectivity index (χ0v) is 22.5. The summed E-state index contributed by atoms with van der Waals surface area (Å²) < 4.78 is 17.3. The van der Waals surface area contributed by atoms with Gasteiger partial charge in [-0.05, 0) is 62.8 Å². The van der Waals surface area contributed by atoms with Gasteiger partial charge in [-0.1, -0.05) is 101 Å². The van der Waals surface area contributed by atoms with E-state index in [4.69, 9.17) is 10.5 Å². The molecule has 3 nitrogen and oxygen atoms in total. The first-order chi connectivity index (χ1) is 15.0. The molecule has 0 saturated heterocycles. The molecule has 0 fully saturated rings. The lowest BCUT2D eigenvalue weighted by Gasteiger charge is -2.21. The monoisotopic (exact) mass is 672 g/mol. The van der Waals surface area contributed by atoms with Crippen molar-refractivity contribution in [1.82, 2.24) is 0 Å². The highest BCUT2D eigenvalue weighted by Gasteiger charge is 2.30. The summed E-state index contributed by atoms with van der Waals surface area (Å²) in [6.45, 7) is 0. The third kappa shape index (κ3) is 6.85. The maximum atomic E-state index is 14.0. The van der Waals surface area contributed by atoms with Crippen LogP contribution in [0.2, 0.25) is 0 Å². The van der Waals surface area contributed by atoms with E-state index in [2.05, 4.69) is 60.5 Å². The van der Waals surface area contributed by atoms with Gasteiger partial charge < -0.3 is 4.57 Å². The van der Waals surface area contributed by atoms with Crippen LogP contribution in [0.4, 0.5) is 0 Å². The molecule has 2 N–H and O–H groups in total. The molecule has 0 saturated carbocycles. The van der Waals surface area contributed by atoms with Crippen LogP contribution in [0, 0.1) is 3.57 Å². The minimum absolute atomic E-state index is 0.836. The van der Waals surface area contributed by atoms with Crippen molar-refractivity contribution in [2.75, 3.05) is 0 Å². The molecule has 7 heteroatoms. The van der Waals surface area contributed by atoms with Crippen molar-refractivity contribution >= 4 is 77.5 Å². The minimum atomic E-state index is -2.86. The van der Waals surface area contributed by atoms with Crippen LogP contribution in [0.15, 0.2) is 118 Å². The van der Waals surface area contributed by atoms with E-state index in [1.54, 1.807) is 0 Å². The molecule has 31 heavy (non-hydrogen) atoms. The Labute approximate surface area is 212 Å². The van der Waals surface area contributed by atoms with Crippen molar-refractivity contribution in [2.45, 2.75) is 0 Å². The molecule has 4 aromatic rings. The van der Waals surface area contributed by atoms with E-state index >= 15 is 0 Å². The van der Waals surface area contributed by atoms with Gasteiger partial charge in [0.25, 0.3) is 0 Å². The molecule has 0 aliphatic heterocycles. The van der Waals surface area contributed by atoms with E-state index in [9.17, 15) is 4.57 Å². The second-order valence-corrected chi connectivity index (χ2v) is 11.7. The van der Waals surface area contributed by atoms with Crippen LogP contribution >= 0.6 is 61.6 Å². The molecule has 160 valence electrons. The molecule has 0 aromatic heterocycles. The Bertz CT molecular complexity index is 1060. The third-order valence-corrected chi connectivity index (χ3v) is 10.7. The molecule has 4 rings (SSSR count). The van der Waals surface area contributed by atoms with Crippen LogP contribution in [0.5, 0.6) is 0 Å². The number of hydrogen-bond acceptors (Lipinski definition) is 3. The highest BCUT2D eigenvalue weighted by atomic mass is 127. The first-order valence-corrected chi connectivity index (χ1v) is 13.5. The molecule has 4 aromatic carbocycles. The van der Waals surface area contributed by atoms with Gasteiger partial charge in [0, 0.05) is 28.4 Å². The lowest BCUT2D eigenvalue weighted by Crippen LogP contribution is -2.25. The Morgan fingerprint density at radius 2 is 0.968 bits per heavy atom.